The van der Waals surface area contributed by atoms with Gasteiger partial charge in [0.1, 0.15) is 0 Å². The fourth-order valence-electron chi connectivity index (χ4n) is 2.86. The minimum atomic E-state index is 0.265. The molecule has 1 aromatic carbocycles. The summed E-state index contributed by atoms with van der Waals surface area (Å²) in [6, 6.07) is 6.31. The van der Waals surface area contributed by atoms with Gasteiger partial charge in [-0.3, -0.25) is 9.48 Å². The van der Waals surface area contributed by atoms with Crippen molar-refractivity contribution in [1.29, 1.82) is 0 Å². The summed E-state index contributed by atoms with van der Waals surface area (Å²) in [5, 5.41) is 5.54. The molecular formula is C16H21N3O. The summed E-state index contributed by atoms with van der Waals surface area (Å²) in [6.45, 7) is 4.60. The summed E-state index contributed by atoms with van der Waals surface area (Å²) in [6.07, 6.45) is 5.98. The number of hydrogen-bond donors (Lipinski definition) is 0. The summed E-state index contributed by atoms with van der Waals surface area (Å²) in [7, 11) is 0. The quantitative estimate of drug-likeness (QED) is 0.861. The molecule has 1 amide bonds. The average molecular weight is 271 g/mol. The van der Waals surface area contributed by atoms with Gasteiger partial charge in [0.25, 0.3) is 0 Å². The molecule has 0 spiro atoms. The van der Waals surface area contributed by atoms with Crippen LogP contribution >= 0.6 is 0 Å². The highest BCUT2D eigenvalue weighted by Gasteiger charge is 2.16. The molecule has 106 valence electrons. The van der Waals surface area contributed by atoms with Gasteiger partial charge in [-0.05, 0) is 37.8 Å². The molecule has 0 saturated carbocycles. The summed E-state index contributed by atoms with van der Waals surface area (Å²) in [5.41, 5.74) is 2.35. The number of aryl methyl sites for hydroxylation is 2. The van der Waals surface area contributed by atoms with Crippen molar-refractivity contribution in [3.05, 3.63) is 30.0 Å². The van der Waals surface area contributed by atoms with Crippen molar-refractivity contribution < 1.29 is 4.79 Å². The Balaban J connectivity index is 1.67. The maximum Gasteiger partial charge on any atom is 0.224 e. The summed E-state index contributed by atoms with van der Waals surface area (Å²) in [4.78, 5) is 14.2. The van der Waals surface area contributed by atoms with E-state index in [4.69, 9.17) is 0 Å². The topological polar surface area (TPSA) is 38.1 Å². The van der Waals surface area contributed by atoms with Crippen LogP contribution in [0.3, 0.4) is 0 Å². The van der Waals surface area contributed by atoms with Gasteiger partial charge in [-0.25, -0.2) is 0 Å². The molecule has 0 unspecified atom stereocenters. The second kappa shape index (κ2) is 5.65. The first-order valence-corrected chi connectivity index (χ1v) is 7.44. The lowest BCUT2D eigenvalue weighted by Crippen LogP contribution is -2.36. The van der Waals surface area contributed by atoms with Crippen molar-refractivity contribution in [3.8, 4) is 0 Å². The van der Waals surface area contributed by atoms with E-state index in [1.54, 1.807) is 0 Å². The van der Waals surface area contributed by atoms with E-state index in [1.165, 1.54) is 12.0 Å². The Morgan fingerprint density at radius 3 is 2.85 bits per heavy atom. The van der Waals surface area contributed by atoms with Gasteiger partial charge in [0.2, 0.25) is 5.91 Å². The monoisotopic (exact) mass is 271 g/mol. The largest absolute Gasteiger partial charge is 0.343 e. The zero-order valence-electron chi connectivity index (χ0n) is 12.0. The minimum absolute atomic E-state index is 0.265. The van der Waals surface area contributed by atoms with Crippen molar-refractivity contribution in [2.45, 2.75) is 39.2 Å². The van der Waals surface area contributed by atoms with Gasteiger partial charge in [0.15, 0.2) is 0 Å². The third-order valence-corrected chi connectivity index (χ3v) is 4.05. The zero-order valence-corrected chi connectivity index (χ0v) is 12.0. The van der Waals surface area contributed by atoms with Crippen molar-refractivity contribution in [3.63, 3.8) is 0 Å². The van der Waals surface area contributed by atoms with Crippen LogP contribution in [-0.2, 0) is 11.3 Å². The summed E-state index contributed by atoms with van der Waals surface area (Å²) >= 11 is 0. The third kappa shape index (κ3) is 2.69. The first-order valence-electron chi connectivity index (χ1n) is 7.44. The highest BCUT2D eigenvalue weighted by Crippen LogP contribution is 2.16. The SMILES string of the molecule is Cc1ccc2cnn(CCC(=O)N3CCCCC3)c2c1. The average Bonchev–Trinajstić information content (AvgIpc) is 2.88. The lowest BCUT2D eigenvalue weighted by Gasteiger charge is -2.26. The molecule has 0 radical (unpaired) electrons. The second-order valence-corrected chi connectivity index (χ2v) is 5.62. The van der Waals surface area contributed by atoms with Crippen LogP contribution in [0.5, 0.6) is 0 Å². The second-order valence-electron chi connectivity index (χ2n) is 5.62. The summed E-state index contributed by atoms with van der Waals surface area (Å²) < 4.78 is 1.95. The highest BCUT2D eigenvalue weighted by molar-refractivity contribution is 5.80. The molecule has 3 rings (SSSR count). The van der Waals surface area contributed by atoms with Gasteiger partial charge in [0.05, 0.1) is 18.3 Å². The van der Waals surface area contributed by atoms with Crippen molar-refractivity contribution in [2.24, 2.45) is 0 Å². The van der Waals surface area contributed by atoms with E-state index < -0.39 is 0 Å². The molecule has 0 atom stereocenters. The lowest BCUT2D eigenvalue weighted by molar-refractivity contribution is -0.132. The molecule has 4 heteroatoms. The normalized spacial score (nSPS) is 15.8. The van der Waals surface area contributed by atoms with E-state index in [0.29, 0.717) is 13.0 Å². The number of piperidine rings is 1. The molecule has 1 aliphatic rings. The molecule has 4 nitrogen and oxygen atoms in total. The third-order valence-electron chi connectivity index (χ3n) is 4.05. The molecule has 1 aliphatic heterocycles. The zero-order chi connectivity index (χ0) is 13.9. The molecule has 0 bridgehead atoms. The van der Waals surface area contributed by atoms with Crippen molar-refractivity contribution in [1.82, 2.24) is 14.7 Å². The van der Waals surface area contributed by atoms with E-state index in [-0.39, 0.29) is 5.91 Å². The van der Waals surface area contributed by atoms with Crippen LogP contribution < -0.4 is 0 Å². The van der Waals surface area contributed by atoms with Crippen LogP contribution in [0.15, 0.2) is 24.4 Å². The van der Waals surface area contributed by atoms with Crippen LogP contribution in [0.25, 0.3) is 10.9 Å². The maximum atomic E-state index is 12.2. The number of carbonyl (C=O) groups excluding carboxylic acids is 1. The maximum absolute atomic E-state index is 12.2. The van der Waals surface area contributed by atoms with Crippen molar-refractivity contribution >= 4 is 16.8 Å². The molecular weight excluding hydrogens is 250 g/mol. The van der Waals surface area contributed by atoms with E-state index >= 15 is 0 Å². The van der Waals surface area contributed by atoms with E-state index in [9.17, 15) is 4.79 Å². The van der Waals surface area contributed by atoms with Gasteiger partial charge >= 0.3 is 0 Å². The smallest absolute Gasteiger partial charge is 0.224 e. The van der Waals surface area contributed by atoms with Crippen LogP contribution in [0.4, 0.5) is 0 Å². The van der Waals surface area contributed by atoms with Gasteiger partial charge in [-0.1, -0.05) is 12.1 Å². The van der Waals surface area contributed by atoms with Gasteiger partial charge < -0.3 is 4.90 Å². The van der Waals surface area contributed by atoms with Crippen LogP contribution in [0.1, 0.15) is 31.2 Å². The molecule has 0 N–H and O–H groups in total. The number of benzene rings is 1. The Morgan fingerprint density at radius 2 is 2.05 bits per heavy atom. The summed E-state index contributed by atoms with van der Waals surface area (Å²) in [5.74, 6) is 0.265. The van der Waals surface area contributed by atoms with Gasteiger partial charge in [-0.2, -0.15) is 5.10 Å². The van der Waals surface area contributed by atoms with E-state index in [0.717, 1.165) is 36.8 Å². The van der Waals surface area contributed by atoms with Crippen LogP contribution in [0.2, 0.25) is 0 Å². The first kappa shape index (κ1) is 13.2. The number of carbonyl (C=O) groups is 1. The number of hydrogen-bond acceptors (Lipinski definition) is 2. The number of aromatic nitrogens is 2. The predicted octanol–water partition coefficient (Wildman–Crippen LogP) is 2.75. The Morgan fingerprint density at radius 1 is 1.25 bits per heavy atom. The first-order chi connectivity index (χ1) is 9.74. The number of rotatable bonds is 3. The van der Waals surface area contributed by atoms with E-state index in [2.05, 4.69) is 30.2 Å². The Hall–Kier alpha value is -1.84. The molecule has 0 aliphatic carbocycles. The van der Waals surface area contributed by atoms with Gasteiger partial charge in [-0.15, -0.1) is 0 Å². The highest BCUT2D eigenvalue weighted by atomic mass is 16.2. The molecule has 1 fully saturated rings. The Kier molecular flexibility index (Phi) is 3.72. The predicted molar refractivity (Wildman–Crippen MR) is 79.5 cm³/mol. The standard InChI is InChI=1S/C16H21N3O/c1-13-5-6-14-12-17-19(15(14)11-13)10-7-16(20)18-8-3-2-4-9-18/h5-6,11-12H,2-4,7-10H2,1H3. The molecule has 1 saturated heterocycles. The molecule has 1 aromatic heterocycles. The number of amides is 1. The number of nitrogens with zero attached hydrogens (tertiary/aromatic N) is 3. The lowest BCUT2D eigenvalue weighted by atomic mass is 10.1. The molecule has 2 aromatic rings. The fourth-order valence-corrected chi connectivity index (χ4v) is 2.86. The van der Waals surface area contributed by atoms with Crippen LogP contribution in [0, 0.1) is 6.92 Å². The molecule has 20 heavy (non-hydrogen) atoms. The Bertz CT molecular complexity index is 611. The fraction of sp³-hybridized carbons (Fsp3) is 0.500. The van der Waals surface area contributed by atoms with Gasteiger partial charge in [0, 0.05) is 24.9 Å². The number of likely N-dealkylation sites (tertiary alicyclic amines) is 1. The number of fused-ring (bicyclic) bond motifs is 1. The Labute approximate surface area is 119 Å². The van der Waals surface area contributed by atoms with Crippen molar-refractivity contribution in [2.75, 3.05) is 13.1 Å². The minimum Gasteiger partial charge on any atom is -0.343 e. The molecule has 2 heterocycles. The van der Waals surface area contributed by atoms with Crippen LogP contribution in [-0.4, -0.2) is 33.7 Å². The van der Waals surface area contributed by atoms with E-state index in [1.807, 2.05) is 15.8 Å².